The van der Waals surface area contributed by atoms with Crippen molar-refractivity contribution in [2.45, 2.75) is 0 Å². The molecular weight excluding hydrogens is 130 g/mol. The Morgan fingerprint density at radius 2 is 2.56 bits per heavy atom. The molecule has 0 saturated carbocycles. The van der Waals surface area contributed by atoms with Gasteiger partial charge in [0, 0.05) is 11.6 Å². The van der Waals surface area contributed by atoms with Crippen LogP contribution in [0.3, 0.4) is 0 Å². The predicted molar refractivity (Wildman–Crippen MR) is 39.6 cm³/mol. The third kappa shape index (κ3) is 0.715. The summed E-state index contributed by atoms with van der Waals surface area (Å²) in [4.78, 5) is 5.08. The van der Waals surface area contributed by atoms with Crippen molar-refractivity contribution in [3.63, 3.8) is 0 Å². The minimum absolute atomic E-state index is 0.478. The first-order valence-corrected chi connectivity index (χ1v) is 3.54. The third-order valence-corrected chi connectivity index (χ3v) is 2.01. The van der Waals surface area contributed by atoms with Crippen LogP contribution in [-0.4, -0.2) is 4.98 Å². The van der Waals surface area contributed by atoms with Crippen LogP contribution in [0.25, 0.3) is 10.2 Å². The quantitative estimate of drug-likeness (QED) is 0.541. The van der Waals surface area contributed by atoms with Gasteiger partial charge in [-0.3, -0.25) is 0 Å². The van der Waals surface area contributed by atoms with E-state index >= 15 is 0 Å². The van der Waals surface area contributed by atoms with Crippen molar-refractivity contribution < 1.29 is 1.37 Å². The van der Waals surface area contributed by atoms with Crippen LogP contribution >= 0.6 is 11.3 Å². The molecule has 0 aliphatic rings. The van der Waals surface area contributed by atoms with Gasteiger partial charge in [0.05, 0.1) is 1.37 Å². The molecule has 2 aromatic rings. The number of hydrogen-bond donors (Lipinski definition) is 0. The van der Waals surface area contributed by atoms with Crippen molar-refractivity contribution in [2.75, 3.05) is 0 Å². The van der Waals surface area contributed by atoms with Gasteiger partial charge in [-0.05, 0) is 17.5 Å². The van der Waals surface area contributed by atoms with Gasteiger partial charge in [0.25, 0.3) is 0 Å². The Hall–Kier alpha value is -0.890. The SMILES string of the molecule is [2H]c1cnc2sccc2c1. The lowest BCUT2D eigenvalue weighted by Crippen LogP contribution is -1.65. The topological polar surface area (TPSA) is 12.9 Å². The number of thiophene rings is 1. The fourth-order valence-electron chi connectivity index (χ4n) is 0.749. The summed E-state index contributed by atoms with van der Waals surface area (Å²) in [6.07, 6.45) is 1.57. The average molecular weight is 136 g/mol. The predicted octanol–water partition coefficient (Wildman–Crippen LogP) is 2.30. The van der Waals surface area contributed by atoms with Gasteiger partial charge in [0.15, 0.2) is 0 Å². The van der Waals surface area contributed by atoms with Gasteiger partial charge in [-0.15, -0.1) is 11.3 Å². The van der Waals surface area contributed by atoms with Crippen LogP contribution in [0.2, 0.25) is 0 Å². The van der Waals surface area contributed by atoms with Crippen molar-refractivity contribution in [1.29, 1.82) is 0 Å². The Balaban J connectivity index is 2.86. The summed E-state index contributed by atoms with van der Waals surface area (Å²) < 4.78 is 7.26. The van der Waals surface area contributed by atoms with Crippen LogP contribution in [0.1, 0.15) is 1.37 Å². The Morgan fingerprint density at radius 3 is 3.56 bits per heavy atom. The molecule has 2 aromatic heterocycles. The van der Waals surface area contributed by atoms with Gasteiger partial charge >= 0.3 is 0 Å². The fourth-order valence-corrected chi connectivity index (χ4v) is 1.47. The molecule has 0 amide bonds. The highest BCUT2D eigenvalue weighted by molar-refractivity contribution is 7.16. The summed E-state index contributed by atoms with van der Waals surface area (Å²) >= 11 is 1.60. The largest absolute Gasteiger partial charge is 0.245 e. The molecule has 0 spiro atoms. The second-order valence-electron chi connectivity index (χ2n) is 1.75. The van der Waals surface area contributed by atoms with E-state index in [-0.39, 0.29) is 0 Å². The standard InChI is InChI=1S/C7H5NS/c1-2-6-3-5-9-7(6)8-4-1/h1-5H/i1D. The van der Waals surface area contributed by atoms with E-state index in [4.69, 9.17) is 1.37 Å². The molecule has 0 saturated heterocycles. The Labute approximate surface area is 58.4 Å². The van der Waals surface area contributed by atoms with Gasteiger partial charge in [-0.25, -0.2) is 4.98 Å². The molecule has 0 aromatic carbocycles. The van der Waals surface area contributed by atoms with Crippen LogP contribution in [0.15, 0.2) is 29.8 Å². The molecule has 9 heavy (non-hydrogen) atoms. The lowest BCUT2D eigenvalue weighted by molar-refractivity contribution is 1.45. The number of rotatable bonds is 0. The molecule has 0 unspecified atom stereocenters. The second kappa shape index (κ2) is 1.81. The number of nitrogens with zero attached hydrogens (tertiary/aromatic N) is 1. The number of pyridine rings is 1. The molecule has 0 N–H and O–H groups in total. The molecule has 0 atom stereocenters. The average Bonchev–Trinajstić information content (AvgIpc) is 2.33. The summed E-state index contributed by atoms with van der Waals surface area (Å²) in [6.45, 7) is 0. The van der Waals surface area contributed by atoms with E-state index < -0.39 is 0 Å². The highest BCUT2D eigenvalue weighted by Gasteiger charge is 1.89. The smallest absolute Gasteiger partial charge is 0.123 e. The molecule has 44 valence electrons. The van der Waals surface area contributed by atoms with Crippen molar-refractivity contribution in [1.82, 2.24) is 4.98 Å². The summed E-state index contributed by atoms with van der Waals surface area (Å²) in [5.41, 5.74) is 0. The van der Waals surface area contributed by atoms with Crippen molar-refractivity contribution in [3.05, 3.63) is 29.8 Å². The van der Waals surface area contributed by atoms with Gasteiger partial charge in [-0.2, -0.15) is 0 Å². The summed E-state index contributed by atoms with van der Waals surface area (Å²) in [5.74, 6) is 0. The zero-order valence-electron chi connectivity index (χ0n) is 5.66. The molecule has 0 radical (unpaired) electrons. The molecule has 0 aliphatic heterocycles. The lowest BCUT2D eigenvalue weighted by atomic mass is 10.4. The van der Waals surface area contributed by atoms with Crippen molar-refractivity contribution in [3.8, 4) is 0 Å². The van der Waals surface area contributed by atoms with E-state index in [2.05, 4.69) is 4.98 Å². The number of hydrogen-bond acceptors (Lipinski definition) is 2. The minimum Gasteiger partial charge on any atom is -0.245 e. The van der Waals surface area contributed by atoms with Crippen LogP contribution in [0.5, 0.6) is 0 Å². The Kier molecular flexibility index (Phi) is 0.807. The normalized spacial score (nSPS) is 11.8. The summed E-state index contributed by atoms with van der Waals surface area (Å²) in [5, 5.41) is 3.05. The van der Waals surface area contributed by atoms with Crippen LogP contribution < -0.4 is 0 Å². The van der Waals surface area contributed by atoms with Crippen molar-refractivity contribution in [2.24, 2.45) is 0 Å². The molecule has 0 aliphatic carbocycles. The zero-order valence-corrected chi connectivity index (χ0v) is 5.48. The molecule has 0 bridgehead atoms. The minimum atomic E-state index is 0.478. The summed E-state index contributed by atoms with van der Waals surface area (Å²) in [7, 11) is 0. The van der Waals surface area contributed by atoms with E-state index in [1.165, 1.54) is 0 Å². The molecular formula is C7H5NS. The zero-order chi connectivity index (χ0) is 6.97. The maximum absolute atomic E-state index is 7.26. The van der Waals surface area contributed by atoms with E-state index in [1.54, 1.807) is 17.5 Å². The van der Waals surface area contributed by atoms with Crippen LogP contribution in [0.4, 0.5) is 0 Å². The highest BCUT2D eigenvalue weighted by atomic mass is 32.1. The number of aromatic nitrogens is 1. The van der Waals surface area contributed by atoms with Gasteiger partial charge in [-0.1, -0.05) is 6.07 Å². The van der Waals surface area contributed by atoms with E-state index in [9.17, 15) is 0 Å². The Morgan fingerprint density at radius 1 is 1.56 bits per heavy atom. The highest BCUT2D eigenvalue weighted by Crippen LogP contribution is 2.15. The van der Waals surface area contributed by atoms with Crippen LogP contribution in [0, 0.1) is 0 Å². The second-order valence-corrected chi connectivity index (χ2v) is 2.64. The third-order valence-electron chi connectivity index (χ3n) is 1.17. The lowest BCUT2D eigenvalue weighted by Gasteiger charge is -1.81. The molecule has 2 heteroatoms. The molecule has 0 fully saturated rings. The first-order chi connectivity index (χ1) is 4.86. The maximum atomic E-state index is 7.26. The van der Waals surface area contributed by atoms with Crippen LogP contribution in [-0.2, 0) is 0 Å². The van der Waals surface area contributed by atoms with Gasteiger partial charge in [0.1, 0.15) is 4.83 Å². The van der Waals surface area contributed by atoms with E-state index in [0.29, 0.717) is 6.04 Å². The molecule has 2 rings (SSSR count). The molecule has 1 nitrogen and oxygen atoms in total. The molecule has 2 heterocycles. The summed E-state index contributed by atoms with van der Waals surface area (Å²) in [6, 6.07) is 4.27. The maximum Gasteiger partial charge on any atom is 0.123 e. The fraction of sp³-hybridized carbons (Fsp3) is 0. The Bertz CT molecular complexity index is 355. The monoisotopic (exact) mass is 136 g/mol. The first-order valence-electron chi connectivity index (χ1n) is 3.16. The number of fused-ring (bicyclic) bond motifs is 1. The van der Waals surface area contributed by atoms with E-state index in [1.807, 2.05) is 17.5 Å². The van der Waals surface area contributed by atoms with Crippen molar-refractivity contribution >= 4 is 21.6 Å². The van der Waals surface area contributed by atoms with Gasteiger partial charge in [0.2, 0.25) is 0 Å². The first kappa shape index (κ1) is 4.01. The van der Waals surface area contributed by atoms with E-state index in [0.717, 1.165) is 10.2 Å². The van der Waals surface area contributed by atoms with Gasteiger partial charge < -0.3 is 0 Å².